The number of carbonyl (C=O) groups excluding carboxylic acids is 1. The van der Waals surface area contributed by atoms with Crippen molar-refractivity contribution in [2.45, 2.75) is 32.7 Å². The first kappa shape index (κ1) is 20.3. The number of hydrogen-bond donors (Lipinski definition) is 2. The first-order chi connectivity index (χ1) is 15.5. The van der Waals surface area contributed by atoms with Crippen LogP contribution in [-0.2, 0) is 4.79 Å². The second-order valence-electron chi connectivity index (χ2n) is 8.70. The molecular formula is C25H26N6O. The van der Waals surface area contributed by atoms with E-state index >= 15 is 0 Å². The fourth-order valence-electron chi connectivity index (χ4n) is 5.24. The zero-order valence-electron chi connectivity index (χ0n) is 18.7. The van der Waals surface area contributed by atoms with Crippen LogP contribution < -0.4 is 10.6 Å². The van der Waals surface area contributed by atoms with Crippen LogP contribution in [0.2, 0.25) is 0 Å². The van der Waals surface area contributed by atoms with Crippen LogP contribution in [0.4, 0.5) is 5.82 Å². The Hall–Kier alpha value is -3.66. The lowest BCUT2D eigenvalue weighted by Gasteiger charge is -2.17. The Bertz CT molecular complexity index is 1310. The van der Waals surface area contributed by atoms with Gasteiger partial charge in [0.2, 0.25) is 11.7 Å². The molecule has 2 fully saturated rings. The molecule has 0 unspecified atom stereocenters. The van der Waals surface area contributed by atoms with E-state index in [-0.39, 0.29) is 23.3 Å². The third-order valence-electron chi connectivity index (χ3n) is 6.77. The van der Waals surface area contributed by atoms with Crippen molar-refractivity contribution in [2.75, 3.05) is 19.4 Å². The van der Waals surface area contributed by atoms with E-state index in [9.17, 15) is 4.79 Å². The zero-order valence-corrected chi connectivity index (χ0v) is 18.7. The average molecular weight is 427 g/mol. The molecule has 0 bridgehead atoms. The molecule has 2 aliphatic rings. The minimum absolute atomic E-state index is 0.116. The van der Waals surface area contributed by atoms with Crippen molar-refractivity contribution >= 4 is 22.9 Å². The fourth-order valence-corrected chi connectivity index (χ4v) is 5.24. The van der Waals surface area contributed by atoms with Gasteiger partial charge in [-0.3, -0.25) is 4.79 Å². The second kappa shape index (κ2) is 7.49. The van der Waals surface area contributed by atoms with Gasteiger partial charge >= 0.3 is 0 Å². The number of nitrogens with one attached hydrogen (secondary N) is 2. The summed E-state index contributed by atoms with van der Waals surface area (Å²) < 4.78 is 2.12. The van der Waals surface area contributed by atoms with Crippen molar-refractivity contribution in [2.24, 2.45) is 11.3 Å². The van der Waals surface area contributed by atoms with E-state index in [2.05, 4.69) is 50.9 Å². The molecule has 0 radical (unpaired) electrons. The molecule has 5 rings (SSSR count). The minimum Gasteiger partial charge on any atom is -0.371 e. The first-order valence-electron chi connectivity index (χ1n) is 10.9. The third-order valence-corrected chi connectivity index (χ3v) is 6.77. The molecule has 1 amide bonds. The molecule has 162 valence electrons. The summed E-state index contributed by atoms with van der Waals surface area (Å²) in [6, 6.07) is 9.93. The molecule has 0 spiro atoms. The van der Waals surface area contributed by atoms with E-state index in [0.29, 0.717) is 11.6 Å². The van der Waals surface area contributed by atoms with Gasteiger partial charge in [-0.1, -0.05) is 35.3 Å². The number of anilines is 1. The first-order valence-corrected chi connectivity index (χ1v) is 10.9. The van der Waals surface area contributed by atoms with Crippen molar-refractivity contribution in [3.63, 3.8) is 0 Å². The maximum Gasteiger partial charge on any atom is 0.230 e. The summed E-state index contributed by atoms with van der Waals surface area (Å²) in [5, 5.41) is 6.01. The number of aromatic nitrogens is 4. The highest BCUT2D eigenvalue weighted by atomic mass is 16.2. The van der Waals surface area contributed by atoms with E-state index in [4.69, 9.17) is 4.98 Å². The summed E-state index contributed by atoms with van der Waals surface area (Å²) in [4.78, 5) is 26.8. The van der Waals surface area contributed by atoms with Gasteiger partial charge in [-0.25, -0.2) is 15.0 Å². The highest BCUT2D eigenvalue weighted by Crippen LogP contribution is 2.71. The molecule has 2 N–H and O–H groups in total. The van der Waals surface area contributed by atoms with Crippen molar-refractivity contribution < 1.29 is 4.79 Å². The summed E-state index contributed by atoms with van der Waals surface area (Å²) in [5.41, 5.74) is 4.47. The normalized spacial score (nSPS) is 23.3. The van der Waals surface area contributed by atoms with Crippen molar-refractivity contribution in [3.8, 4) is 11.8 Å². The lowest BCUT2D eigenvalue weighted by Crippen LogP contribution is -2.30. The van der Waals surface area contributed by atoms with Gasteiger partial charge in [-0.2, -0.15) is 0 Å². The number of nitrogens with zero attached hydrogens (tertiary/aromatic N) is 4. The molecule has 2 aromatic heterocycles. The molecular weight excluding hydrogens is 400 g/mol. The van der Waals surface area contributed by atoms with Gasteiger partial charge in [-0.15, -0.1) is 0 Å². The molecule has 1 aromatic carbocycles. The monoisotopic (exact) mass is 426 g/mol. The number of amides is 1. The average Bonchev–Trinajstić information content (AvgIpc) is 3.26. The van der Waals surface area contributed by atoms with Gasteiger partial charge in [-0.05, 0) is 50.7 Å². The highest BCUT2D eigenvalue weighted by molar-refractivity contribution is 5.91. The van der Waals surface area contributed by atoms with Crippen LogP contribution in [0.1, 0.15) is 44.1 Å². The standard InChI is InChI=1S/C25H26N6O/c1-15(2)17-12-19(18-13-25(17,18)24(32)27-4)31-14-28-21-22(26-3)29-20(30-23(21)31)11-10-16-8-6-5-7-9-16/h5-9,14,18-19H,12-13H2,1-4H3,(H,27,32)(H,26,29,30)/t18-,19-,25-/m1/s1. The predicted molar refractivity (Wildman–Crippen MR) is 124 cm³/mol. The topological polar surface area (TPSA) is 84.7 Å². The molecule has 2 saturated carbocycles. The van der Waals surface area contributed by atoms with E-state index in [1.807, 2.05) is 43.7 Å². The Balaban J connectivity index is 1.59. The van der Waals surface area contributed by atoms with Crippen LogP contribution in [0.15, 0.2) is 47.8 Å². The van der Waals surface area contributed by atoms with Crippen LogP contribution in [0.5, 0.6) is 0 Å². The Morgan fingerprint density at radius 2 is 1.94 bits per heavy atom. The maximum atomic E-state index is 12.8. The molecule has 0 saturated heterocycles. The quantitative estimate of drug-likeness (QED) is 0.496. The lowest BCUT2D eigenvalue weighted by atomic mass is 9.92. The molecule has 3 atom stereocenters. The van der Waals surface area contributed by atoms with Crippen LogP contribution in [-0.4, -0.2) is 39.5 Å². The summed E-state index contributed by atoms with van der Waals surface area (Å²) in [6.45, 7) is 4.20. The van der Waals surface area contributed by atoms with Gasteiger partial charge in [0, 0.05) is 25.7 Å². The number of allylic oxidation sites excluding steroid dienone is 1. The van der Waals surface area contributed by atoms with Crippen molar-refractivity contribution in [1.29, 1.82) is 0 Å². The van der Waals surface area contributed by atoms with Gasteiger partial charge in [0.05, 0.1) is 11.7 Å². The van der Waals surface area contributed by atoms with Crippen LogP contribution in [0.3, 0.4) is 0 Å². The van der Waals surface area contributed by atoms with Crippen LogP contribution in [0, 0.1) is 23.2 Å². The largest absolute Gasteiger partial charge is 0.371 e. The van der Waals surface area contributed by atoms with Gasteiger partial charge in [0.1, 0.15) is 0 Å². The SMILES string of the molecule is CNC(=O)[C@@]12C[C@@H]1[C@H](n1cnc3c(NC)nc(C#Cc4ccccc4)nc31)CC2=C(C)C. The Kier molecular flexibility index (Phi) is 4.74. The number of carbonyl (C=O) groups is 1. The number of hydrogen-bond acceptors (Lipinski definition) is 5. The minimum atomic E-state index is -0.385. The molecule has 2 aliphatic carbocycles. The summed E-state index contributed by atoms with van der Waals surface area (Å²) in [7, 11) is 3.54. The third kappa shape index (κ3) is 2.98. The van der Waals surface area contributed by atoms with Crippen LogP contribution >= 0.6 is 0 Å². The van der Waals surface area contributed by atoms with Crippen LogP contribution in [0.25, 0.3) is 11.2 Å². The molecule has 7 nitrogen and oxygen atoms in total. The Labute approximate surface area is 187 Å². The smallest absolute Gasteiger partial charge is 0.230 e. The number of benzene rings is 1. The van der Waals surface area contributed by atoms with Crippen molar-refractivity contribution in [3.05, 3.63) is 59.2 Å². The van der Waals surface area contributed by atoms with Gasteiger partial charge in [0.15, 0.2) is 17.0 Å². The number of fused-ring (bicyclic) bond motifs is 2. The highest BCUT2D eigenvalue weighted by Gasteiger charge is 2.69. The Morgan fingerprint density at radius 1 is 1.16 bits per heavy atom. The lowest BCUT2D eigenvalue weighted by molar-refractivity contribution is -0.124. The predicted octanol–water partition coefficient (Wildman–Crippen LogP) is 3.30. The van der Waals surface area contributed by atoms with E-state index in [1.165, 1.54) is 11.1 Å². The second-order valence-corrected chi connectivity index (χ2v) is 8.70. The number of rotatable bonds is 3. The molecule has 3 aromatic rings. The van der Waals surface area contributed by atoms with E-state index in [0.717, 1.165) is 29.6 Å². The van der Waals surface area contributed by atoms with E-state index in [1.54, 1.807) is 7.05 Å². The Morgan fingerprint density at radius 3 is 2.62 bits per heavy atom. The molecule has 0 aliphatic heterocycles. The molecule has 7 heteroatoms. The van der Waals surface area contributed by atoms with Gasteiger partial charge < -0.3 is 15.2 Å². The summed E-state index contributed by atoms with van der Waals surface area (Å²) in [6.07, 6.45) is 3.53. The summed E-state index contributed by atoms with van der Waals surface area (Å²) in [5.74, 6) is 7.69. The van der Waals surface area contributed by atoms with Gasteiger partial charge in [0.25, 0.3) is 0 Å². The number of imidazole rings is 1. The maximum absolute atomic E-state index is 12.8. The summed E-state index contributed by atoms with van der Waals surface area (Å²) >= 11 is 0. The zero-order chi connectivity index (χ0) is 22.5. The molecule has 2 heterocycles. The van der Waals surface area contributed by atoms with E-state index < -0.39 is 0 Å². The molecule has 32 heavy (non-hydrogen) atoms. The van der Waals surface area contributed by atoms with Crippen molar-refractivity contribution in [1.82, 2.24) is 24.8 Å². The fraction of sp³-hybridized carbons (Fsp3) is 0.360.